The summed E-state index contributed by atoms with van der Waals surface area (Å²) in [7, 11) is 0. The second-order valence-corrected chi connectivity index (χ2v) is 8.37. The van der Waals surface area contributed by atoms with E-state index >= 15 is 0 Å². The molecule has 2 aromatic carbocycles. The summed E-state index contributed by atoms with van der Waals surface area (Å²) in [6, 6.07) is 20.2. The maximum Gasteiger partial charge on any atom is 0.229 e. The highest BCUT2D eigenvalue weighted by Gasteiger charge is 2.18. The first kappa shape index (κ1) is 21.8. The minimum absolute atomic E-state index is 0.536. The second kappa shape index (κ2) is 10.2. The third kappa shape index (κ3) is 5.11. The quantitative estimate of drug-likeness (QED) is 0.392. The van der Waals surface area contributed by atoms with Gasteiger partial charge in [-0.3, -0.25) is 4.79 Å². The van der Waals surface area contributed by atoms with Crippen LogP contribution in [0.4, 0.5) is 11.8 Å². The Morgan fingerprint density at radius 1 is 0.941 bits per heavy atom. The number of ether oxygens (including phenoxy) is 1. The fourth-order valence-corrected chi connectivity index (χ4v) is 4.07. The molecule has 0 spiro atoms. The van der Waals surface area contributed by atoms with Gasteiger partial charge in [0.25, 0.3) is 0 Å². The topological polar surface area (TPSA) is 86.4 Å². The first-order valence-corrected chi connectivity index (χ1v) is 11.6. The Morgan fingerprint density at radius 2 is 1.76 bits per heavy atom. The van der Waals surface area contributed by atoms with Crippen molar-refractivity contribution in [2.75, 3.05) is 36.4 Å². The number of aromatic nitrogens is 3. The summed E-state index contributed by atoms with van der Waals surface area (Å²) in [5.74, 6) is 2.35. The van der Waals surface area contributed by atoms with Crippen LogP contribution in [-0.4, -0.2) is 52.4 Å². The monoisotopic (exact) mass is 456 g/mol. The number of rotatable bonds is 8. The Labute approximate surface area is 198 Å². The third-order valence-electron chi connectivity index (χ3n) is 6.00. The van der Waals surface area contributed by atoms with E-state index in [0.717, 1.165) is 66.2 Å². The van der Waals surface area contributed by atoms with Gasteiger partial charge in [0.2, 0.25) is 12.4 Å². The molecule has 0 bridgehead atoms. The van der Waals surface area contributed by atoms with Crippen molar-refractivity contribution in [3.05, 3.63) is 78.0 Å². The van der Waals surface area contributed by atoms with Gasteiger partial charge in [-0.2, -0.15) is 9.97 Å². The van der Waals surface area contributed by atoms with Gasteiger partial charge in [0.05, 0.1) is 5.39 Å². The van der Waals surface area contributed by atoms with Crippen molar-refractivity contribution in [1.29, 1.82) is 0 Å². The molecule has 174 valence electrons. The first-order chi connectivity index (χ1) is 16.8. The number of anilines is 2. The number of amides is 1. The standard InChI is InChI=1S/C26H28N6O2/c33-19-31-13-4-14-32(16-15-31)26-29-24-23(11-12-27-24)25(30-26)28-17-20-7-9-21(10-8-20)18-34-22-5-2-1-3-6-22/h1-3,5-12,19H,4,13-18H2,(H2,27,28,29,30). The first-order valence-electron chi connectivity index (χ1n) is 11.6. The molecule has 1 aliphatic heterocycles. The van der Waals surface area contributed by atoms with Crippen molar-refractivity contribution in [3.63, 3.8) is 0 Å². The van der Waals surface area contributed by atoms with Gasteiger partial charge in [-0.1, -0.05) is 42.5 Å². The lowest BCUT2D eigenvalue weighted by Gasteiger charge is -2.21. The lowest BCUT2D eigenvalue weighted by atomic mass is 10.1. The molecule has 5 rings (SSSR count). The Balaban J connectivity index is 1.25. The van der Waals surface area contributed by atoms with Crippen molar-refractivity contribution in [1.82, 2.24) is 19.9 Å². The van der Waals surface area contributed by atoms with E-state index in [-0.39, 0.29) is 0 Å². The maximum absolute atomic E-state index is 11.1. The summed E-state index contributed by atoms with van der Waals surface area (Å²) in [5, 5.41) is 4.45. The number of hydrogen-bond acceptors (Lipinski definition) is 6. The number of fused-ring (bicyclic) bond motifs is 1. The van der Waals surface area contributed by atoms with Gasteiger partial charge >= 0.3 is 0 Å². The van der Waals surface area contributed by atoms with Crippen LogP contribution in [-0.2, 0) is 17.9 Å². The van der Waals surface area contributed by atoms with Crippen molar-refractivity contribution < 1.29 is 9.53 Å². The predicted molar refractivity (Wildman–Crippen MR) is 133 cm³/mol. The highest BCUT2D eigenvalue weighted by molar-refractivity contribution is 5.88. The summed E-state index contributed by atoms with van der Waals surface area (Å²) in [6.45, 7) is 4.17. The van der Waals surface area contributed by atoms with E-state index in [0.29, 0.717) is 25.6 Å². The van der Waals surface area contributed by atoms with Crippen molar-refractivity contribution in [3.8, 4) is 5.75 Å². The molecular weight excluding hydrogens is 428 g/mol. The van der Waals surface area contributed by atoms with Crippen LogP contribution in [0.25, 0.3) is 11.0 Å². The number of aromatic amines is 1. The Morgan fingerprint density at radius 3 is 2.59 bits per heavy atom. The number of para-hydroxylation sites is 1. The smallest absolute Gasteiger partial charge is 0.229 e. The number of hydrogen-bond donors (Lipinski definition) is 2. The number of nitrogens with zero attached hydrogens (tertiary/aromatic N) is 4. The average molecular weight is 457 g/mol. The molecule has 34 heavy (non-hydrogen) atoms. The number of carbonyl (C=O) groups excluding carboxylic acids is 1. The average Bonchev–Trinajstić information content (AvgIpc) is 3.24. The number of nitrogens with one attached hydrogen (secondary N) is 2. The lowest BCUT2D eigenvalue weighted by molar-refractivity contribution is -0.117. The van der Waals surface area contributed by atoms with E-state index in [9.17, 15) is 4.79 Å². The van der Waals surface area contributed by atoms with Crippen LogP contribution in [0.5, 0.6) is 5.75 Å². The van der Waals surface area contributed by atoms with Crippen LogP contribution < -0.4 is 15.0 Å². The van der Waals surface area contributed by atoms with Crippen LogP contribution in [0.2, 0.25) is 0 Å². The molecule has 1 saturated heterocycles. The molecule has 0 atom stereocenters. The van der Waals surface area contributed by atoms with Gasteiger partial charge < -0.3 is 24.8 Å². The summed E-state index contributed by atoms with van der Waals surface area (Å²) < 4.78 is 5.83. The molecule has 2 aromatic heterocycles. The highest BCUT2D eigenvalue weighted by atomic mass is 16.5. The maximum atomic E-state index is 11.1. The normalized spacial score (nSPS) is 14.1. The van der Waals surface area contributed by atoms with Crippen LogP contribution in [0.3, 0.4) is 0 Å². The zero-order valence-electron chi connectivity index (χ0n) is 19.0. The number of benzene rings is 2. The van der Waals surface area contributed by atoms with Crippen molar-refractivity contribution in [2.24, 2.45) is 0 Å². The highest BCUT2D eigenvalue weighted by Crippen LogP contribution is 2.24. The van der Waals surface area contributed by atoms with Gasteiger partial charge in [-0.15, -0.1) is 0 Å². The van der Waals surface area contributed by atoms with E-state index in [1.54, 1.807) is 4.90 Å². The van der Waals surface area contributed by atoms with Crippen LogP contribution in [0.15, 0.2) is 66.9 Å². The minimum atomic E-state index is 0.536. The van der Waals surface area contributed by atoms with E-state index in [2.05, 4.69) is 39.5 Å². The SMILES string of the molecule is O=CN1CCCN(c2nc(NCc3ccc(COc4ccccc4)cc3)c3cc[nH]c3n2)CC1. The van der Waals surface area contributed by atoms with Crippen molar-refractivity contribution in [2.45, 2.75) is 19.6 Å². The molecule has 1 aliphatic rings. The molecule has 0 aliphatic carbocycles. The summed E-state index contributed by atoms with van der Waals surface area (Å²) >= 11 is 0. The van der Waals surface area contributed by atoms with E-state index < -0.39 is 0 Å². The fourth-order valence-electron chi connectivity index (χ4n) is 4.07. The van der Waals surface area contributed by atoms with Crippen LogP contribution >= 0.6 is 0 Å². The van der Waals surface area contributed by atoms with Crippen LogP contribution in [0, 0.1) is 0 Å². The summed E-state index contributed by atoms with van der Waals surface area (Å²) in [6.07, 6.45) is 3.70. The molecule has 1 fully saturated rings. The Kier molecular flexibility index (Phi) is 6.56. The van der Waals surface area contributed by atoms with E-state index in [4.69, 9.17) is 14.7 Å². The fraction of sp³-hybridized carbons (Fsp3) is 0.269. The van der Waals surface area contributed by atoms with Gasteiger partial charge in [-0.05, 0) is 35.7 Å². The molecule has 0 unspecified atom stereocenters. The predicted octanol–water partition coefficient (Wildman–Crippen LogP) is 3.82. The lowest BCUT2D eigenvalue weighted by Crippen LogP contribution is -2.31. The van der Waals surface area contributed by atoms with Gasteiger partial charge in [-0.25, -0.2) is 0 Å². The zero-order valence-corrected chi connectivity index (χ0v) is 19.0. The van der Waals surface area contributed by atoms with E-state index in [1.165, 1.54) is 0 Å². The third-order valence-corrected chi connectivity index (χ3v) is 6.00. The molecule has 2 N–H and O–H groups in total. The molecule has 4 aromatic rings. The van der Waals surface area contributed by atoms with E-state index in [1.807, 2.05) is 42.6 Å². The summed E-state index contributed by atoms with van der Waals surface area (Å²) in [5.41, 5.74) is 3.08. The Bertz CT molecular complexity index is 1230. The molecule has 8 heteroatoms. The molecular formula is C26H28N6O2. The molecule has 0 radical (unpaired) electrons. The molecule has 0 saturated carbocycles. The molecule has 1 amide bonds. The van der Waals surface area contributed by atoms with Crippen molar-refractivity contribution >= 4 is 29.2 Å². The Hall–Kier alpha value is -4.07. The largest absolute Gasteiger partial charge is 0.489 e. The number of H-pyrrole nitrogens is 1. The summed E-state index contributed by atoms with van der Waals surface area (Å²) in [4.78, 5) is 27.9. The van der Waals surface area contributed by atoms with Gasteiger partial charge in [0.15, 0.2) is 0 Å². The number of carbonyl (C=O) groups is 1. The molecule has 3 heterocycles. The second-order valence-electron chi connectivity index (χ2n) is 8.37. The zero-order chi connectivity index (χ0) is 23.2. The van der Waals surface area contributed by atoms with Gasteiger partial charge in [0.1, 0.15) is 23.8 Å². The van der Waals surface area contributed by atoms with Crippen LogP contribution in [0.1, 0.15) is 17.5 Å². The molecule has 8 nitrogen and oxygen atoms in total. The minimum Gasteiger partial charge on any atom is -0.489 e. The van der Waals surface area contributed by atoms with Gasteiger partial charge in [0, 0.05) is 38.9 Å².